The van der Waals surface area contributed by atoms with Crippen LogP contribution in [0, 0.1) is 5.82 Å². The van der Waals surface area contributed by atoms with Crippen LogP contribution in [-0.4, -0.2) is 26.9 Å². The smallest absolute Gasteiger partial charge is 0.253 e. The van der Waals surface area contributed by atoms with Crippen LogP contribution in [0.15, 0.2) is 47.6 Å². The Labute approximate surface area is 163 Å². The summed E-state index contributed by atoms with van der Waals surface area (Å²) >= 11 is 13.3. The lowest BCUT2D eigenvalue weighted by molar-refractivity contribution is 0.0950. The molecular weight excluding hydrogens is 398 g/mol. The number of rotatable bonds is 5. The summed E-state index contributed by atoms with van der Waals surface area (Å²) in [7, 11) is 0. The summed E-state index contributed by atoms with van der Waals surface area (Å²) in [5, 5.41) is 12.3. The lowest BCUT2D eigenvalue weighted by atomic mass is 10.2. The van der Waals surface area contributed by atoms with Gasteiger partial charge in [-0.2, -0.15) is 0 Å². The van der Waals surface area contributed by atoms with Crippen LogP contribution in [0.25, 0.3) is 5.69 Å². The van der Waals surface area contributed by atoms with E-state index >= 15 is 0 Å². The number of nitrogens with one attached hydrogen (secondary N) is 1. The molecule has 134 valence electrons. The van der Waals surface area contributed by atoms with Gasteiger partial charge >= 0.3 is 0 Å². The Balaban J connectivity index is 1.83. The van der Waals surface area contributed by atoms with Gasteiger partial charge in [-0.15, -0.1) is 10.2 Å². The fourth-order valence-corrected chi connectivity index (χ4v) is 3.33. The van der Waals surface area contributed by atoms with E-state index in [0.29, 0.717) is 27.3 Å². The fraction of sp³-hybridized carbons (Fsp3) is 0.118. The molecule has 1 heterocycles. The van der Waals surface area contributed by atoms with Gasteiger partial charge in [-0.1, -0.05) is 35.0 Å². The minimum Gasteiger partial charge on any atom is -0.345 e. The van der Waals surface area contributed by atoms with Gasteiger partial charge in [0.1, 0.15) is 5.82 Å². The molecule has 2 aromatic carbocycles. The Kier molecular flexibility index (Phi) is 5.80. The van der Waals surface area contributed by atoms with Crippen molar-refractivity contribution in [3.63, 3.8) is 0 Å². The molecule has 3 aromatic rings. The Morgan fingerprint density at radius 2 is 1.92 bits per heavy atom. The van der Waals surface area contributed by atoms with E-state index in [-0.39, 0.29) is 23.3 Å². The molecule has 0 bridgehead atoms. The molecule has 0 saturated carbocycles. The molecule has 1 N–H and O–H groups in total. The molecule has 3 rings (SSSR count). The van der Waals surface area contributed by atoms with Crippen LogP contribution >= 0.6 is 35.0 Å². The topological polar surface area (TPSA) is 59.8 Å². The number of carbonyl (C=O) groups excluding carboxylic acids is 1. The number of nitrogens with zero attached hydrogens (tertiary/aromatic N) is 3. The molecule has 0 aliphatic carbocycles. The quantitative estimate of drug-likeness (QED) is 0.634. The van der Waals surface area contributed by atoms with Crippen LogP contribution in [-0.2, 0) is 6.54 Å². The Bertz CT molecular complexity index is 946. The molecule has 1 aromatic heterocycles. The zero-order chi connectivity index (χ0) is 18.7. The summed E-state index contributed by atoms with van der Waals surface area (Å²) in [5.41, 5.74) is 1.02. The molecule has 0 fully saturated rings. The first-order chi connectivity index (χ1) is 12.5. The molecular formula is C17H13Cl2FN4OS. The van der Waals surface area contributed by atoms with Gasteiger partial charge in [0, 0.05) is 10.7 Å². The molecule has 5 nitrogen and oxygen atoms in total. The van der Waals surface area contributed by atoms with E-state index in [9.17, 15) is 9.18 Å². The van der Waals surface area contributed by atoms with Gasteiger partial charge in [-0.3, -0.25) is 9.36 Å². The second kappa shape index (κ2) is 8.07. The summed E-state index contributed by atoms with van der Waals surface area (Å²) in [4.78, 5) is 12.4. The average molecular weight is 411 g/mol. The number of carbonyl (C=O) groups is 1. The van der Waals surface area contributed by atoms with E-state index in [4.69, 9.17) is 23.2 Å². The van der Waals surface area contributed by atoms with Crippen molar-refractivity contribution >= 4 is 40.9 Å². The van der Waals surface area contributed by atoms with Gasteiger partial charge < -0.3 is 5.32 Å². The van der Waals surface area contributed by atoms with Gasteiger partial charge in [0.25, 0.3) is 5.91 Å². The maximum atomic E-state index is 13.2. The second-order valence-corrected chi connectivity index (χ2v) is 6.84. The maximum absolute atomic E-state index is 13.2. The normalized spacial score (nSPS) is 10.8. The first-order valence-corrected chi connectivity index (χ1v) is 9.45. The van der Waals surface area contributed by atoms with E-state index in [2.05, 4.69) is 15.5 Å². The van der Waals surface area contributed by atoms with Gasteiger partial charge in [-0.05, 0) is 48.7 Å². The highest BCUT2D eigenvalue weighted by atomic mass is 35.5. The molecule has 1 amide bonds. The molecule has 0 atom stereocenters. The Morgan fingerprint density at radius 1 is 1.19 bits per heavy atom. The van der Waals surface area contributed by atoms with E-state index < -0.39 is 0 Å². The monoisotopic (exact) mass is 410 g/mol. The third-order valence-electron chi connectivity index (χ3n) is 3.55. The van der Waals surface area contributed by atoms with Crippen LogP contribution in [0.2, 0.25) is 10.0 Å². The summed E-state index contributed by atoms with van der Waals surface area (Å²) in [6.45, 7) is 0.128. The number of hydrogen-bond donors (Lipinski definition) is 1. The van der Waals surface area contributed by atoms with Gasteiger partial charge in [0.05, 0.1) is 17.1 Å². The standard InChI is InChI=1S/C17H13Cl2FN4OS/c1-26-17-23-22-15(24(17)12-5-3-11(20)4-6-12)9-21-16(25)13-7-2-10(18)8-14(13)19/h2-8H,9H2,1H3,(H,21,25). The van der Waals surface area contributed by atoms with Crippen molar-refractivity contribution in [1.82, 2.24) is 20.1 Å². The van der Waals surface area contributed by atoms with Crippen molar-refractivity contribution in [2.75, 3.05) is 6.26 Å². The predicted octanol–water partition coefficient (Wildman–Crippen LogP) is 4.37. The molecule has 9 heteroatoms. The third-order valence-corrected chi connectivity index (χ3v) is 4.73. The van der Waals surface area contributed by atoms with Crippen LogP contribution in [0.1, 0.15) is 16.2 Å². The highest BCUT2D eigenvalue weighted by Gasteiger charge is 2.16. The van der Waals surface area contributed by atoms with Crippen molar-refractivity contribution in [1.29, 1.82) is 0 Å². The molecule has 0 aliphatic rings. The molecule has 26 heavy (non-hydrogen) atoms. The van der Waals surface area contributed by atoms with Crippen molar-refractivity contribution in [3.8, 4) is 5.69 Å². The molecule has 0 radical (unpaired) electrons. The number of hydrogen-bond acceptors (Lipinski definition) is 4. The number of halogens is 3. The predicted molar refractivity (Wildman–Crippen MR) is 101 cm³/mol. The van der Waals surface area contributed by atoms with Gasteiger partial charge in [-0.25, -0.2) is 4.39 Å². The van der Waals surface area contributed by atoms with E-state index in [1.165, 1.54) is 30.0 Å². The van der Waals surface area contributed by atoms with Crippen molar-refractivity contribution < 1.29 is 9.18 Å². The highest BCUT2D eigenvalue weighted by molar-refractivity contribution is 7.98. The SMILES string of the molecule is CSc1nnc(CNC(=O)c2ccc(Cl)cc2Cl)n1-c1ccc(F)cc1. The summed E-state index contributed by atoms with van der Waals surface area (Å²) in [6, 6.07) is 10.6. The zero-order valence-electron chi connectivity index (χ0n) is 13.5. The largest absolute Gasteiger partial charge is 0.345 e. The van der Waals surface area contributed by atoms with E-state index in [1.54, 1.807) is 28.8 Å². The Morgan fingerprint density at radius 3 is 2.58 bits per heavy atom. The second-order valence-electron chi connectivity index (χ2n) is 5.22. The van der Waals surface area contributed by atoms with Crippen LogP contribution < -0.4 is 5.32 Å². The summed E-state index contributed by atoms with van der Waals surface area (Å²) < 4.78 is 15.0. The van der Waals surface area contributed by atoms with Crippen molar-refractivity contribution in [2.24, 2.45) is 0 Å². The van der Waals surface area contributed by atoms with Crippen molar-refractivity contribution in [3.05, 3.63) is 69.7 Å². The summed E-state index contributed by atoms with van der Waals surface area (Å²) in [6.07, 6.45) is 1.86. The summed E-state index contributed by atoms with van der Waals surface area (Å²) in [5.74, 6) is -0.176. The zero-order valence-corrected chi connectivity index (χ0v) is 15.9. The molecule has 0 unspecified atom stereocenters. The lowest BCUT2D eigenvalue weighted by Crippen LogP contribution is -2.25. The maximum Gasteiger partial charge on any atom is 0.253 e. The molecule has 0 saturated heterocycles. The van der Waals surface area contributed by atoms with Crippen LogP contribution in [0.5, 0.6) is 0 Å². The first-order valence-electron chi connectivity index (χ1n) is 7.47. The molecule has 0 spiro atoms. The van der Waals surface area contributed by atoms with Gasteiger partial charge in [0.2, 0.25) is 0 Å². The van der Waals surface area contributed by atoms with E-state index in [0.717, 1.165) is 0 Å². The number of amides is 1. The lowest BCUT2D eigenvalue weighted by Gasteiger charge is -2.11. The van der Waals surface area contributed by atoms with E-state index in [1.807, 2.05) is 6.26 Å². The minimum absolute atomic E-state index is 0.128. The Hall–Kier alpha value is -2.09. The fourth-order valence-electron chi connectivity index (χ4n) is 2.32. The van der Waals surface area contributed by atoms with Crippen LogP contribution in [0.3, 0.4) is 0 Å². The first kappa shape index (κ1) is 18.7. The number of thioether (sulfide) groups is 1. The third kappa shape index (κ3) is 4.00. The molecule has 0 aliphatic heterocycles. The highest BCUT2D eigenvalue weighted by Crippen LogP contribution is 2.22. The van der Waals surface area contributed by atoms with Crippen LogP contribution in [0.4, 0.5) is 4.39 Å². The van der Waals surface area contributed by atoms with Gasteiger partial charge in [0.15, 0.2) is 11.0 Å². The minimum atomic E-state index is -0.356. The number of aromatic nitrogens is 3. The average Bonchev–Trinajstić information content (AvgIpc) is 3.03. The number of benzene rings is 2. The van der Waals surface area contributed by atoms with Crippen molar-refractivity contribution in [2.45, 2.75) is 11.7 Å².